The van der Waals surface area contributed by atoms with Gasteiger partial charge in [0.05, 0.1) is 6.26 Å². The van der Waals surface area contributed by atoms with E-state index >= 15 is 0 Å². The van der Waals surface area contributed by atoms with Gasteiger partial charge in [-0.15, -0.1) is 0 Å². The van der Waals surface area contributed by atoms with Gasteiger partial charge in [0, 0.05) is 16.9 Å². The predicted molar refractivity (Wildman–Crippen MR) is 68.7 cm³/mol. The van der Waals surface area contributed by atoms with Crippen molar-refractivity contribution in [3.8, 4) is 0 Å². The molecule has 0 spiro atoms. The zero-order chi connectivity index (χ0) is 13.8. The van der Waals surface area contributed by atoms with Crippen molar-refractivity contribution < 1.29 is 19.4 Å². The van der Waals surface area contributed by atoms with E-state index in [9.17, 15) is 9.90 Å². The third kappa shape index (κ3) is 1.73. The van der Waals surface area contributed by atoms with Crippen molar-refractivity contribution in [2.24, 2.45) is 23.2 Å². The summed E-state index contributed by atoms with van der Waals surface area (Å²) in [4.78, 5) is 11.7. The van der Waals surface area contributed by atoms with Crippen molar-refractivity contribution in [3.63, 3.8) is 0 Å². The summed E-state index contributed by atoms with van der Waals surface area (Å²) >= 11 is 0. The molecule has 2 aliphatic heterocycles. The molecule has 0 aromatic heterocycles. The average molecular weight is 264 g/mol. The quantitative estimate of drug-likeness (QED) is 0.537. The minimum atomic E-state index is -0.841. The highest BCUT2D eigenvalue weighted by Crippen LogP contribution is 2.53. The van der Waals surface area contributed by atoms with E-state index in [2.05, 4.69) is 13.5 Å². The zero-order valence-corrected chi connectivity index (χ0v) is 11.3. The van der Waals surface area contributed by atoms with Gasteiger partial charge in [0.1, 0.15) is 6.10 Å². The number of rotatable bonds is 0. The average Bonchev–Trinajstić information content (AvgIpc) is 2.54. The molecular weight excluding hydrogens is 244 g/mol. The number of aliphatic hydroxyl groups is 1. The van der Waals surface area contributed by atoms with Gasteiger partial charge in [0.15, 0.2) is 0 Å². The van der Waals surface area contributed by atoms with Crippen LogP contribution >= 0.6 is 0 Å². The maximum absolute atomic E-state index is 11.7. The lowest BCUT2D eigenvalue weighted by Gasteiger charge is -2.43. The normalized spacial score (nSPS) is 48.9. The molecule has 0 radical (unpaired) electrons. The molecule has 0 bridgehead atoms. The Balaban J connectivity index is 1.99. The first-order valence-electron chi connectivity index (χ1n) is 6.83. The fraction of sp³-hybridized carbons (Fsp3) is 0.667. The Labute approximate surface area is 113 Å². The van der Waals surface area contributed by atoms with E-state index < -0.39 is 11.7 Å². The summed E-state index contributed by atoms with van der Waals surface area (Å²) in [5.74, 6) is 0.266. The molecule has 1 N–H and O–H groups in total. The van der Waals surface area contributed by atoms with E-state index in [1.807, 2.05) is 13.0 Å². The van der Waals surface area contributed by atoms with Gasteiger partial charge < -0.3 is 14.6 Å². The van der Waals surface area contributed by atoms with E-state index in [-0.39, 0.29) is 23.9 Å². The highest BCUT2D eigenvalue weighted by Gasteiger charge is 2.54. The number of hydrogen-bond acceptors (Lipinski definition) is 4. The number of carbonyl (C=O) groups excluding carboxylic acids is 1. The Kier molecular flexibility index (Phi) is 2.75. The molecule has 1 aliphatic carbocycles. The lowest BCUT2D eigenvalue weighted by Crippen LogP contribution is -2.44. The second kappa shape index (κ2) is 4.10. The number of aliphatic hydroxyl groups excluding tert-OH is 1. The molecule has 1 saturated carbocycles. The first kappa shape index (κ1) is 12.7. The smallest absolute Gasteiger partial charge is 0.334 e. The Morgan fingerprint density at radius 3 is 3.00 bits per heavy atom. The van der Waals surface area contributed by atoms with Crippen LogP contribution in [0.5, 0.6) is 0 Å². The van der Waals surface area contributed by atoms with Crippen LogP contribution in [0.2, 0.25) is 0 Å². The van der Waals surface area contributed by atoms with Crippen molar-refractivity contribution in [1.82, 2.24) is 0 Å². The minimum Gasteiger partial charge on any atom is -0.472 e. The van der Waals surface area contributed by atoms with Crippen LogP contribution in [0, 0.1) is 23.2 Å². The Bertz CT molecular complexity index is 455. The molecule has 2 fully saturated rings. The molecule has 0 aromatic rings. The summed E-state index contributed by atoms with van der Waals surface area (Å²) in [6, 6.07) is 0. The van der Waals surface area contributed by atoms with Gasteiger partial charge in [-0.25, -0.2) is 4.79 Å². The Morgan fingerprint density at radius 1 is 1.53 bits per heavy atom. The maximum atomic E-state index is 11.7. The van der Waals surface area contributed by atoms with Crippen LogP contribution in [0.4, 0.5) is 0 Å². The number of esters is 1. The highest BCUT2D eigenvalue weighted by molar-refractivity contribution is 5.90. The fourth-order valence-corrected chi connectivity index (χ4v) is 3.95. The summed E-state index contributed by atoms with van der Waals surface area (Å²) in [6.45, 7) is 8.04. The number of carbonyl (C=O) groups is 1. The molecule has 2 heterocycles. The SMILES string of the molecule is C=C1C(=O)O[C@H]2C[C@@H](C)[C@@H]3C=CO[C@@H](O)[C@@]3(C)C[C@H]12. The summed E-state index contributed by atoms with van der Waals surface area (Å²) in [6.07, 6.45) is 4.17. The monoisotopic (exact) mass is 264 g/mol. The molecule has 19 heavy (non-hydrogen) atoms. The molecule has 6 atom stereocenters. The highest BCUT2D eigenvalue weighted by atomic mass is 16.6. The van der Waals surface area contributed by atoms with E-state index in [4.69, 9.17) is 9.47 Å². The van der Waals surface area contributed by atoms with E-state index in [0.717, 1.165) is 6.42 Å². The number of ether oxygens (including phenoxy) is 2. The van der Waals surface area contributed by atoms with Crippen LogP contribution in [-0.2, 0) is 14.3 Å². The van der Waals surface area contributed by atoms with E-state index in [1.54, 1.807) is 6.26 Å². The van der Waals surface area contributed by atoms with E-state index in [0.29, 0.717) is 17.9 Å². The maximum Gasteiger partial charge on any atom is 0.334 e. The second-order valence-electron chi connectivity index (χ2n) is 6.34. The van der Waals surface area contributed by atoms with Gasteiger partial charge in [0.25, 0.3) is 0 Å². The summed E-state index contributed by atoms with van der Waals surface area (Å²) in [5.41, 5.74) is 0.144. The lowest BCUT2D eigenvalue weighted by molar-refractivity contribution is -0.171. The third-order valence-electron chi connectivity index (χ3n) is 5.11. The molecule has 0 amide bonds. The number of allylic oxidation sites excluding steroid dienone is 1. The van der Waals surface area contributed by atoms with Gasteiger partial charge >= 0.3 is 5.97 Å². The van der Waals surface area contributed by atoms with Crippen LogP contribution < -0.4 is 0 Å². The first-order valence-corrected chi connectivity index (χ1v) is 6.83. The second-order valence-corrected chi connectivity index (χ2v) is 6.34. The topological polar surface area (TPSA) is 55.8 Å². The van der Waals surface area contributed by atoms with Gasteiger partial charge in [0.2, 0.25) is 6.29 Å². The fourth-order valence-electron chi connectivity index (χ4n) is 3.95. The van der Waals surface area contributed by atoms with Crippen molar-refractivity contribution in [1.29, 1.82) is 0 Å². The molecule has 0 aromatic carbocycles. The molecule has 3 aliphatic rings. The molecule has 1 saturated heterocycles. The summed E-state index contributed by atoms with van der Waals surface area (Å²) < 4.78 is 10.7. The molecule has 3 rings (SSSR count). The summed E-state index contributed by atoms with van der Waals surface area (Å²) in [7, 11) is 0. The lowest BCUT2D eigenvalue weighted by atomic mass is 9.67. The predicted octanol–water partition coefficient (Wildman–Crippen LogP) is 2.00. The van der Waals surface area contributed by atoms with Gasteiger partial charge in [-0.05, 0) is 30.8 Å². The Morgan fingerprint density at radius 2 is 2.26 bits per heavy atom. The Hall–Kier alpha value is -1.29. The van der Waals surface area contributed by atoms with Gasteiger partial charge in [-0.1, -0.05) is 20.4 Å². The van der Waals surface area contributed by atoms with Crippen molar-refractivity contribution in [3.05, 3.63) is 24.5 Å². The summed E-state index contributed by atoms with van der Waals surface area (Å²) in [5, 5.41) is 10.2. The molecule has 0 unspecified atom stereocenters. The van der Waals surface area contributed by atoms with Gasteiger partial charge in [-0.3, -0.25) is 0 Å². The standard InChI is InChI=1S/C15H20O4/c1-8-6-12-10(9(2)13(16)19-12)7-15(3)11(8)4-5-18-14(15)17/h4-5,8,10-12,14,17H,2,6-7H2,1,3H3/t8-,10-,11+,12+,14-,15+/m1/s1. The zero-order valence-electron chi connectivity index (χ0n) is 11.3. The van der Waals surface area contributed by atoms with Crippen LogP contribution in [-0.4, -0.2) is 23.5 Å². The van der Waals surface area contributed by atoms with Crippen LogP contribution in [0.15, 0.2) is 24.5 Å². The van der Waals surface area contributed by atoms with E-state index in [1.165, 1.54) is 0 Å². The molecular formula is C15H20O4. The molecule has 4 nitrogen and oxygen atoms in total. The minimum absolute atomic E-state index is 0.00491. The molecule has 104 valence electrons. The van der Waals surface area contributed by atoms with Crippen LogP contribution in [0.1, 0.15) is 26.7 Å². The van der Waals surface area contributed by atoms with Crippen LogP contribution in [0.25, 0.3) is 0 Å². The largest absolute Gasteiger partial charge is 0.472 e. The first-order chi connectivity index (χ1) is 8.93. The molecule has 4 heteroatoms. The van der Waals surface area contributed by atoms with Gasteiger partial charge in [-0.2, -0.15) is 0 Å². The van der Waals surface area contributed by atoms with Crippen molar-refractivity contribution >= 4 is 5.97 Å². The third-order valence-corrected chi connectivity index (χ3v) is 5.11. The van der Waals surface area contributed by atoms with Crippen molar-refractivity contribution in [2.45, 2.75) is 39.1 Å². The van der Waals surface area contributed by atoms with Crippen LogP contribution in [0.3, 0.4) is 0 Å². The number of hydrogen-bond donors (Lipinski definition) is 1. The number of fused-ring (bicyclic) bond motifs is 2. The van der Waals surface area contributed by atoms with Crippen molar-refractivity contribution in [2.75, 3.05) is 0 Å².